The van der Waals surface area contributed by atoms with Gasteiger partial charge in [-0.15, -0.1) is 11.8 Å². The Balaban J connectivity index is 2.27. The predicted molar refractivity (Wildman–Crippen MR) is 98.5 cm³/mol. The molecule has 1 aliphatic rings. The van der Waals surface area contributed by atoms with Crippen molar-refractivity contribution < 1.29 is 0 Å². The van der Waals surface area contributed by atoms with E-state index >= 15 is 0 Å². The average Bonchev–Trinajstić information content (AvgIpc) is 2.72. The van der Waals surface area contributed by atoms with Crippen LogP contribution < -0.4 is 10.6 Å². The molecule has 4 heteroatoms. The Kier molecular flexibility index (Phi) is 5.94. The van der Waals surface area contributed by atoms with Gasteiger partial charge in [0.15, 0.2) is 0 Å². The van der Waals surface area contributed by atoms with Crippen LogP contribution in [0, 0.1) is 11.8 Å². The van der Waals surface area contributed by atoms with Crippen molar-refractivity contribution >= 4 is 34.7 Å². The van der Waals surface area contributed by atoms with E-state index in [0.717, 1.165) is 30.5 Å². The van der Waals surface area contributed by atoms with E-state index < -0.39 is 0 Å². The summed E-state index contributed by atoms with van der Waals surface area (Å²) in [6.45, 7) is 6.90. The zero-order valence-electron chi connectivity index (χ0n) is 13.3. The van der Waals surface area contributed by atoms with Gasteiger partial charge in [-0.2, -0.15) is 0 Å². The molecule has 0 radical (unpaired) electrons. The fraction of sp³-hybridized carbons (Fsp3) is 0.588. The maximum absolute atomic E-state index is 6.00. The summed E-state index contributed by atoms with van der Waals surface area (Å²) in [7, 11) is 0. The second-order valence-corrected chi connectivity index (χ2v) is 7.43. The van der Waals surface area contributed by atoms with Gasteiger partial charge in [-0.05, 0) is 49.5 Å². The summed E-state index contributed by atoms with van der Waals surface area (Å²) >= 11 is 7.03. The van der Waals surface area contributed by atoms with Crippen LogP contribution in [0.4, 0.5) is 5.69 Å². The summed E-state index contributed by atoms with van der Waals surface area (Å²) in [6, 6.07) is 6.40. The van der Waals surface area contributed by atoms with Crippen LogP contribution in [0.5, 0.6) is 0 Å². The van der Waals surface area contributed by atoms with Crippen molar-refractivity contribution in [2.45, 2.75) is 38.0 Å². The third-order valence-electron chi connectivity index (χ3n) is 4.53. The molecule has 0 spiro atoms. The van der Waals surface area contributed by atoms with Crippen LogP contribution in [0.25, 0.3) is 0 Å². The normalized spacial score (nSPS) is 19.6. The van der Waals surface area contributed by atoms with Gasteiger partial charge in [0.2, 0.25) is 0 Å². The van der Waals surface area contributed by atoms with Crippen molar-refractivity contribution in [3.8, 4) is 0 Å². The Labute approximate surface area is 138 Å². The average molecular weight is 323 g/mol. The standard InChI is InChI=1S/C17H26N2S2/c1-12(2)13-6-5-10-19(11-9-13)14-7-4-8-15(21-3)16(14)17(18)20/h4,7-8,12-13H,5-6,9-11H2,1-3H3,(H2,18,20). The maximum Gasteiger partial charge on any atom is 0.107 e. The van der Waals surface area contributed by atoms with Crippen molar-refractivity contribution in [3.05, 3.63) is 23.8 Å². The number of nitrogens with zero attached hydrogens (tertiary/aromatic N) is 1. The summed E-state index contributed by atoms with van der Waals surface area (Å²) in [5.74, 6) is 1.62. The van der Waals surface area contributed by atoms with Crippen molar-refractivity contribution in [1.29, 1.82) is 0 Å². The van der Waals surface area contributed by atoms with E-state index in [1.807, 2.05) is 0 Å². The molecule has 0 amide bonds. The van der Waals surface area contributed by atoms with Crippen LogP contribution in [0.2, 0.25) is 0 Å². The van der Waals surface area contributed by atoms with Crippen LogP contribution in [-0.4, -0.2) is 24.3 Å². The first-order chi connectivity index (χ1) is 10.0. The SMILES string of the molecule is CSc1cccc(N2CCCC(C(C)C)CC2)c1C(N)=S. The maximum atomic E-state index is 6.00. The van der Waals surface area contributed by atoms with Gasteiger partial charge in [-0.1, -0.05) is 32.1 Å². The topological polar surface area (TPSA) is 29.3 Å². The van der Waals surface area contributed by atoms with Crippen LogP contribution in [0.1, 0.15) is 38.7 Å². The molecule has 21 heavy (non-hydrogen) atoms. The Hall–Kier alpha value is -0.740. The Bertz CT molecular complexity index is 500. The molecule has 0 bridgehead atoms. The highest BCUT2D eigenvalue weighted by molar-refractivity contribution is 7.98. The monoisotopic (exact) mass is 322 g/mol. The smallest absolute Gasteiger partial charge is 0.107 e. The lowest BCUT2D eigenvalue weighted by Gasteiger charge is -2.27. The fourth-order valence-corrected chi connectivity index (χ4v) is 4.14. The largest absolute Gasteiger partial charge is 0.389 e. The number of hydrogen-bond donors (Lipinski definition) is 1. The van der Waals surface area contributed by atoms with E-state index in [2.05, 4.69) is 43.2 Å². The lowest BCUT2D eigenvalue weighted by Crippen LogP contribution is -2.27. The summed E-state index contributed by atoms with van der Waals surface area (Å²) in [6.07, 6.45) is 5.93. The summed E-state index contributed by atoms with van der Waals surface area (Å²) in [5.41, 5.74) is 8.28. The fourth-order valence-electron chi connectivity index (χ4n) is 3.23. The van der Waals surface area contributed by atoms with Crippen molar-refractivity contribution in [2.75, 3.05) is 24.2 Å². The summed E-state index contributed by atoms with van der Waals surface area (Å²) in [5, 5.41) is 0. The highest BCUT2D eigenvalue weighted by Crippen LogP contribution is 2.33. The molecule has 1 heterocycles. The first-order valence-electron chi connectivity index (χ1n) is 7.76. The molecule has 116 valence electrons. The zero-order valence-corrected chi connectivity index (χ0v) is 14.9. The van der Waals surface area contributed by atoms with Gasteiger partial charge in [0.05, 0.1) is 0 Å². The van der Waals surface area contributed by atoms with Gasteiger partial charge >= 0.3 is 0 Å². The van der Waals surface area contributed by atoms with Gasteiger partial charge < -0.3 is 10.6 Å². The number of thiocarbonyl (C=S) groups is 1. The Morgan fingerprint density at radius 1 is 1.33 bits per heavy atom. The van der Waals surface area contributed by atoms with Crippen LogP contribution >= 0.6 is 24.0 Å². The van der Waals surface area contributed by atoms with Crippen molar-refractivity contribution in [1.82, 2.24) is 0 Å². The number of benzene rings is 1. The highest BCUT2D eigenvalue weighted by atomic mass is 32.2. The molecule has 1 aromatic rings. The predicted octanol–water partition coefficient (Wildman–Crippen LogP) is 4.31. The van der Waals surface area contributed by atoms with Crippen molar-refractivity contribution in [2.24, 2.45) is 17.6 Å². The third kappa shape index (κ3) is 3.92. The molecule has 1 saturated heterocycles. The van der Waals surface area contributed by atoms with Crippen molar-refractivity contribution in [3.63, 3.8) is 0 Å². The zero-order chi connectivity index (χ0) is 15.4. The molecule has 0 saturated carbocycles. The lowest BCUT2D eigenvalue weighted by molar-refractivity contribution is 0.351. The summed E-state index contributed by atoms with van der Waals surface area (Å²) in [4.78, 5) is 4.18. The first kappa shape index (κ1) is 16.6. The Morgan fingerprint density at radius 2 is 2.10 bits per heavy atom. The third-order valence-corrected chi connectivity index (χ3v) is 5.51. The molecule has 0 aliphatic carbocycles. The van der Waals surface area contributed by atoms with Gasteiger partial charge in [0.25, 0.3) is 0 Å². The van der Waals surface area contributed by atoms with Crippen LogP contribution in [0.15, 0.2) is 23.1 Å². The lowest BCUT2D eigenvalue weighted by atomic mass is 9.89. The second-order valence-electron chi connectivity index (χ2n) is 6.14. The molecule has 1 aliphatic heterocycles. The number of thioether (sulfide) groups is 1. The van der Waals surface area contributed by atoms with E-state index in [1.54, 1.807) is 11.8 Å². The summed E-state index contributed by atoms with van der Waals surface area (Å²) < 4.78 is 0. The molecule has 0 aromatic heterocycles. The molecule has 1 aromatic carbocycles. The van der Waals surface area contributed by atoms with E-state index in [-0.39, 0.29) is 0 Å². The quantitative estimate of drug-likeness (QED) is 0.661. The number of hydrogen-bond acceptors (Lipinski definition) is 3. The van der Waals surface area contributed by atoms with Gasteiger partial charge in [-0.25, -0.2) is 0 Å². The molecule has 1 atom stereocenters. The van der Waals surface area contributed by atoms with Crippen LogP contribution in [-0.2, 0) is 0 Å². The number of rotatable bonds is 4. The van der Waals surface area contributed by atoms with E-state index in [9.17, 15) is 0 Å². The van der Waals surface area contributed by atoms with E-state index in [4.69, 9.17) is 18.0 Å². The second kappa shape index (κ2) is 7.50. The Morgan fingerprint density at radius 3 is 2.71 bits per heavy atom. The minimum atomic E-state index is 0.514. The molecule has 2 rings (SSSR count). The molecule has 1 fully saturated rings. The molecule has 1 unspecified atom stereocenters. The van der Waals surface area contributed by atoms with Crippen LogP contribution in [0.3, 0.4) is 0 Å². The molecule has 2 nitrogen and oxygen atoms in total. The molecular weight excluding hydrogens is 296 g/mol. The minimum Gasteiger partial charge on any atom is -0.389 e. The number of anilines is 1. The van der Waals surface area contributed by atoms with Gasteiger partial charge in [0.1, 0.15) is 4.99 Å². The minimum absolute atomic E-state index is 0.514. The van der Waals surface area contributed by atoms with E-state index in [1.165, 1.54) is 29.8 Å². The first-order valence-corrected chi connectivity index (χ1v) is 9.39. The highest BCUT2D eigenvalue weighted by Gasteiger charge is 2.22. The molecular formula is C17H26N2S2. The van der Waals surface area contributed by atoms with Gasteiger partial charge in [-0.3, -0.25) is 0 Å². The van der Waals surface area contributed by atoms with E-state index in [0.29, 0.717) is 4.99 Å². The molecule has 2 N–H and O–H groups in total. The number of nitrogens with two attached hydrogens (primary N) is 1. The van der Waals surface area contributed by atoms with Gasteiger partial charge in [0, 0.05) is 29.2 Å².